The summed E-state index contributed by atoms with van der Waals surface area (Å²) in [6, 6.07) is 74.2. The van der Waals surface area contributed by atoms with Gasteiger partial charge in [0.1, 0.15) is 0 Å². The van der Waals surface area contributed by atoms with Gasteiger partial charge in [-0.05, 0) is 131 Å². The van der Waals surface area contributed by atoms with Gasteiger partial charge in [0.05, 0.1) is 0 Å². The van der Waals surface area contributed by atoms with Gasteiger partial charge in [-0.15, -0.1) is 0 Å². The molecule has 1 heteroatoms. The van der Waals surface area contributed by atoms with E-state index in [2.05, 4.69) is 233 Å². The third-order valence-electron chi connectivity index (χ3n) is 13.3. The number of hydrogen-bond donors (Lipinski definition) is 0. The van der Waals surface area contributed by atoms with E-state index in [0.29, 0.717) is 0 Å². The van der Waals surface area contributed by atoms with Gasteiger partial charge in [-0.25, -0.2) is 0 Å². The lowest BCUT2D eigenvalue weighted by atomic mass is 9.78. The summed E-state index contributed by atoms with van der Waals surface area (Å²) < 4.78 is 0. The van der Waals surface area contributed by atoms with Crippen molar-refractivity contribution in [2.45, 2.75) is 38.5 Å². The van der Waals surface area contributed by atoms with Gasteiger partial charge in [0, 0.05) is 27.9 Å². The highest BCUT2D eigenvalue weighted by Gasteiger charge is 2.38. The summed E-state index contributed by atoms with van der Waals surface area (Å²) in [4.78, 5) is 2.39. The zero-order valence-electron chi connectivity index (χ0n) is 34.0. The van der Waals surface area contributed by atoms with Crippen molar-refractivity contribution < 1.29 is 0 Å². The van der Waals surface area contributed by atoms with Gasteiger partial charge in [-0.2, -0.15) is 0 Å². The van der Waals surface area contributed by atoms with Gasteiger partial charge in [0.15, 0.2) is 0 Å². The topological polar surface area (TPSA) is 3.24 Å². The summed E-state index contributed by atoms with van der Waals surface area (Å²) in [6.45, 7) is 9.45. The van der Waals surface area contributed by atoms with Crippen LogP contribution in [0.4, 0.5) is 17.1 Å². The van der Waals surface area contributed by atoms with Crippen molar-refractivity contribution in [1.82, 2.24) is 0 Å². The third kappa shape index (κ3) is 5.53. The van der Waals surface area contributed by atoms with Gasteiger partial charge >= 0.3 is 0 Å². The molecule has 0 amide bonds. The molecule has 0 spiro atoms. The molecule has 2 aliphatic rings. The van der Waals surface area contributed by atoms with E-state index in [1.807, 2.05) is 0 Å². The summed E-state index contributed by atoms with van der Waals surface area (Å²) in [5.41, 5.74) is 21.7. The van der Waals surface area contributed by atoms with Crippen molar-refractivity contribution in [2.75, 3.05) is 4.90 Å². The molecule has 0 saturated carbocycles. The number of hydrogen-bond acceptors (Lipinski definition) is 1. The first-order chi connectivity index (χ1) is 28.8. The molecule has 0 saturated heterocycles. The Hall–Kier alpha value is -6.96. The van der Waals surface area contributed by atoms with Crippen LogP contribution in [-0.4, -0.2) is 0 Å². The Balaban J connectivity index is 0.976. The second-order valence-corrected chi connectivity index (χ2v) is 17.3. The smallest absolute Gasteiger partial charge is 0.0468 e. The maximum absolute atomic E-state index is 2.41. The van der Waals surface area contributed by atoms with Crippen molar-refractivity contribution in [1.29, 1.82) is 0 Å². The molecule has 2 aliphatic carbocycles. The van der Waals surface area contributed by atoms with E-state index in [1.54, 1.807) is 0 Å². The monoisotopic (exact) mass is 755 g/mol. The van der Waals surface area contributed by atoms with Gasteiger partial charge in [0.2, 0.25) is 0 Å². The van der Waals surface area contributed by atoms with Crippen LogP contribution in [-0.2, 0) is 10.8 Å². The highest BCUT2D eigenvalue weighted by molar-refractivity contribution is 5.94. The first kappa shape index (κ1) is 35.2. The molecule has 9 aromatic rings. The lowest BCUT2D eigenvalue weighted by Gasteiger charge is -2.27. The first-order valence-corrected chi connectivity index (χ1v) is 20.8. The van der Waals surface area contributed by atoms with Crippen LogP contribution in [0.1, 0.15) is 49.9 Å². The number of fused-ring (bicyclic) bond motifs is 7. The third-order valence-corrected chi connectivity index (χ3v) is 13.3. The van der Waals surface area contributed by atoms with Crippen LogP contribution in [0.5, 0.6) is 0 Å². The van der Waals surface area contributed by atoms with Gasteiger partial charge in [-0.1, -0.05) is 185 Å². The standard InChI is InChI=1S/C58H45N/c1-57(2)53-22-11-9-18-48(53)50-35-29-42(37-55(50)57)39-24-30-43(31-25-39)59(45-34-26-38-14-5-6-15-41(38)36-45)44-32-27-40(28-33-44)46-16-7-8-17-47(46)51-20-13-21-52-49-19-10-12-23-54(49)58(3,4)56(51)52/h5-37H,1-4H3. The fourth-order valence-electron chi connectivity index (χ4n) is 10.3. The second kappa shape index (κ2) is 13.3. The number of nitrogens with zero attached hydrogens (tertiary/aromatic N) is 1. The molecule has 0 heterocycles. The molecule has 0 aromatic heterocycles. The number of benzene rings is 9. The minimum atomic E-state index is -0.0988. The van der Waals surface area contributed by atoms with E-state index < -0.39 is 0 Å². The quantitative estimate of drug-likeness (QED) is 0.163. The zero-order chi connectivity index (χ0) is 39.9. The van der Waals surface area contributed by atoms with Crippen molar-refractivity contribution in [3.8, 4) is 55.6 Å². The molecule has 282 valence electrons. The van der Waals surface area contributed by atoms with Crippen LogP contribution in [0.3, 0.4) is 0 Å². The summed E-state index contributed by atoms with van der Waals surface area (Å²) in [5.74, 6) is 0. The van der Waals surface area contributed by atoms with Crippen molar-refractivity contribution in [3.05, 3.63) is 222 Å². The largest absolute Gasteiger partial charge is 0.310 e. The van der Waals surface area contributed by atoms with E-state index >= 15 is 0 Å². The molecule has 0 N–H and O–H groups in total. The SMILES string of the molecule is CC1(C)c2ccccc2-c2ccc(-c3ccc(N(c4ccc(-c5ccccc5-c5cccc6c5C(C)(C)c5ccccc5-6)cc4)c4ccc5ccccc5c4)cc3)cc21. The number of rotatable bonds is 6. The average Bonchev–Trinajstić information content (AvgIpc) is 3.66. The Kier molecular flexibility index (Phi) is 7.94. The van der Waals surface area contributed by atoms with E-state index in [1.165, 1.54) is 88.7 Å². The predicted molar refractivity (Wildman–Crippen MR) is 250 cm³/mol. The maximum Gasteiger partial charge on any atom is 0.0468 e. The Morgan fingerprint density at radius 2 is 0.763 bits per heavy atom. The molecule has 11 rings (SSSR count). The Morgan fingerprint density at radius 3 is 1.46 bits per heavy atom. The molecular weight excluding hydrogens is 711 g/mol. The van der Waals surface area contributed by atoms with Crippen molar-refractivity contribution in [3.63, 3.8) is 0 Å². The summed E-state index contributed by atoms with van der Waals surface area (Å²) in [5, 5.41) is 2.46. The minimum absolute atomic E-state index is 0.0367. The first-order valence-electron chi connectivity index (χ1n) is 20.8. The minimum Gasteiger partial charge on any atom is -0.310 e. The lowest BCUT2D eigenvalue weighted by Crippen LogP contribution is -2.16. The summed E-state index contributed by atoms with van der Waals surface area (Å²) >= 11 is 0. The zero-order valence-corrected chi connectivity index (χ0v) is 34.0. The fourth-order valence-corrected chi connectivity index (χ4v) is 10.3. The molecule has 1 nitrogen and oxygen atoms in total. The summed E-state index contributed by atoms with van der Waals surface area (Å²) in [6.07, 6.45) is 0. The van der Waals surface area contributed by atoms with E-state index in [0.717, 1.165) is 17.1 Å². The van der Waals surface area contributed by atoms with E-state index in [9.17, 15) is 0 Å². The van der Waals surface area contributed by atoms with Crippen molar-refractivity contribution in [2.24, 2.45) is 0 Å². The molecule has 0 aliphatic heterocycles. The molecule has 0 bridgehead atoms. The maximum atomic E-state index is 2.41. The molecular formula is C58H45N. The van der Waals surface area contributed by atoms with Crippen LogP contribution in [0.2, 0.25) is 0 Å². The number of anilines is 3. The molecule has 0 fully saturated rings. The van der Waals surface area contributed by atoms with Crippen LogP contribution >= 0.6 is 0 Å². The highest BCUT2D eigenvalue weighted by Crippen LogP contribution is 2.53. The van der Waals surface area contributed by atoms with Gasteiger partial charge in [0.25, 0.3) is 0 Å². The summed E-state index contributed by atoms with van der Waals surface area (Å²) in [7, 11) is 0. The molecule has 0 radical (unpaired) electrons. The Morgan fingerprint density at radius 1 is 0.288 bits per heavy atom. The van der Waals surface area contributed by atoms with Crippen LogP contribution in [0.15, 0.2) is 200 Å². The van der Waals surface area contributed by atoms with Crippen molar-refractivity contribution >= 4 is 27.8 Å². The molecule has 0 unspecified atom stereocenters. The normalized spacial score (nSPS) is 14.0. The van der Waals surface area contributed by atoms with E-state index in [-0.39, 0.29) is 10.8 Å². The second-order valence-electron chi connectivity index (χ2n) is 17.3. The van der Waals surface area contributed by atoms with Gasteiger partial charge in [-0.3, -0.25) is 0 Å². The molecule has 0 atom stereocenters. The fraction of sp³-hybridized carbons (Fsp3) is 0.103. The molecule has 9 aromatic carbocycles. The van der Waals surface area contributed by atoms with Crippen LogP contribution in [0, 0.1) is 0 Å². The lowest BCUT2D eigenvalue weighted by molar-refractivity contribution is 0.660. The van der Waals surface area contributed by atoms with E-state index in [4.69, 9.17) is 0 Å². The molecule has 59 heavy (non-hydrogen) atoms. The Labute approximate surface area is 347 Å². The highest BCUT2D eigenvalue weighted by atomic mass is 15.1. The van der Waals surface area contributed by atoms with Gasteiger partial charge < -0.3 is 4.90 Å². The Bertz CT molecular complexity index is 3090. The average molecular weight is 756 g/mol. The van der Waals surface area contributed by atoms with Crippen LogP contribution in [0.25, 0.3) is 66.4 Å². The predicted octanol–water partition coefficient (Wildman–Crippen LogP) is 15.9. The van der Waals surface area contributed by atoms with Crippen LogP contribution < -0.4 is 4.90 Å².